The zero-order chi connectivity index (χ0) is 33.6. The molecule has 0 N–H and O–H groups in total. The summed E-state index contributed by atoms with van der Waals surface area (Å²) in [5.74, 6) is 0. The van der Waals surface area contributed by atoms with Gasteiger partial charge in [-0.05, 0) is 79.4 Å². The van der Waals surface area contributed by atoms with Gasteiger partial charge in [0.2, 0.25) is 0 Å². The van der Waals surface area contributed by atoms with Crippen LogP contribution in [-0.2, 0) is 0 Å². The van der Waals surface area contributed by atoms with Crippen molar-refractivity contribution in [2.45, 2.75) is 0 Å². The monoisotopic (exact) mass is 655 g/mol. The third-order valence-electron chi connectivity index (χ3n) is 9.64. The number of nitrogens with zero attached hydrogens (tertiary/aromatic N) is 1. The van der Waals surface area contributed by atoms with Crippen LogP contribution in [0.15, 0.2) is 224 Å². The van der Waals surface area contributed by atoms with Crippen LogP contribution in [0.25, 0.3) is 22.3 Å². The van der Waals surface area contributed by atoms with Crippen LogP contribution in [0.3, 0.4) is 0 Å². The predicted molar refractivity (Wildman–Crippen MR) is 216 cm³/mol. The molecule has 0 radical (unpaired) electrons. The van der Waals surface area contributed by atoms with Gasteiger partial charge >= 0.3 is 0 Å². The van der Waals surface area contributed by atoms with Gasteiger partial charge in [-0.1, -0.05) is 188 Å². The van der Waals surface area contributed by atoms with Gasteiger partial charge in [-0.25, -0.2) is 0 Å². The maximum atomic E-state index is 2.37. The molecule has 0 spiro atoms. The number of hydrogen-bond acceptors (Lipinski definition) is 1. The second kappa shape index (κ2) is 14.1. The minimum absolute atomic E-state index is 1.12. The molecule has 0 amide bonds. The van der Waals surface area contributed by atoms with E-state index < -0.39 is 8.07 Å². The van der Waals surface area contributed by atoms with Crippen LogP contribution in [0.2, 0.25) is 0 Å². The van der Waals surface area contributed by atoms with Gasteiger partial charge in [-0.2, -0.15) is 0 Å². The normalized spacial score (nSPS) is 11.2. The Bertz CT molecular complexity index is 2160. The summed E-state index contributed by atoms with van der Waals surface area (Å²) in [7, 11) is -2.56. The molecule has 50 heavy (non-hydrogen) atoms. The summed E-state index contributed by atoms with van der Waals surface area (Å²) < 4.78 is 0. The molecular formula is C48H37NSi. The van der Waals surface area contributed by atoms with E-state index in [4.69, 9.17) is 0 Å². The van der Waals surface area contributed by atoms with Gasteiger partial charge in [0.1, 0.15) is 0 Å². The Kier molecular flexibility index (Phi) is 8.76. The molecule has 0 aliphatic carbocycles. The van der Waals surface area contributed by atoms with Crippen molar-refractivity contribution in [3.05, 3.63) is 224 Å². The largest absolute Gasteiger partial charge is 0.311 e. The maximum Gasteiger partial charge on any atom is 0.179 e. The zero-order valence-corrected chi connectivity index (χ0v) is 28.8. The number of anilines is 3. The fourth-order valence-corrected chi connectivity index (χ4v) is 12.0. The number of hydrogen-bond donors (Lipinski definition) is 0. The van der Waals surface area contributed by atoms with Crippen LogP contribution in [-0.4, -0.2) is 8.07 Å². The lowest BCUT2D eigenvalue weighted by atomic mass is 10.0. The minimum Gasteiger partial charge on any atom is -0.311 e. The first kappa shape index (κ1) is 31.1. The number of rotatable bonds is 9. The number of para-hydroxylation sites is 1. The summed E-state index contributed by atoms with van der Waals surface area (Å²) in [6, 6.07) is 81.6. The molecule has 0 heterocycles. The summed E-state index contributed by atoms with van der Waals surface area (Å²) in [6.07, 6.45) is 0. The minimum atomic E-state index is -2.56. The van der Waals surface area contributed by atoms with E-state index in [9.17, 15) is 0 Å². The van der Waals surface area contributed by atoms with E-state index in [0.29, 0.717) is 0 Å². The summed E-state index contributed by atoms with van der Waals surface area (Å²) in [5.41, 5.74) is 8.19. The lowest BCUT2D eigenvalue weighted by Gasteiger charge is -2.34. The molecule has 8 rings (SSSR count). The molecule has 0 fully saturated rings. The van der Waals surface area contributed by atoms with Crippen LogP contribution < -0.4 is 25.6 Å². The molecule has 0 aliphatic heterocycles. The summed E-state index contributed by atoms with van der Waals surface area (Å²) in [4.78, 5) is 2.32. The highest BCUT2D eigenvalue weighted by Crippen LogP contribution is 2.36. The highest BCUT2D eigenvalue weighted by molar-refractivity contribution is 7.19. The molecule has 2 heteroatoms. The van der Waals surface area contributed by atoms with Crippen molar-refractivity contribution >= 4 is 45.9 Å². The average Bonchev–Trinajstić information content (AvgIpc) is 3.21. The molecule has 1 nitrogen and oxygen atoms in total. The fourth-order valence-electron chi connectivity index (χ4n) is 7.24. The van der Waals surface area contributed by atoms with Crippen molar-refractivity contribution in [2.75, 3.05) is 4.90 Å². The summed E-state index contributed by atoms with van der Waals surface area (Å²) in [5, 5.41) is 5.52. The van der Waals surface area contributed by atoms with E-state index in [1.54, 1.807) is 0 Å². The third-order valence-corrected chi connectivity index (χ3v) is 14.4. The first-order chi connectivity index (χ1) is 24.8. The van der Waals surface area contributed by atoms with Crippen molar-refractivity contribution in [3.8, 4) is 22.3 Å². The highest BCUT2D eigenvalue weighted by Gasteiger charge is 2.41. The summed E-state index contributed by atoms with van der Waals surface area (Å²) in [6.45, 7) is 0. The second-order valence-corrected chi connectivity index (χ2v) is 16.4. The zero-order valence-electron chi connectivity index (χ0n) is 27.8. The topological polar surface area (TPSA) is 3.24 Å². The van der Waals surface area contributed by atoms with Crippen LogP contribution in [0.5, 0.6) is 0 Å². The van der Waals surface area contributed by atoms with Gasteiger partial charge in [-0.15, -0.1) is 0 Å². The first-order valence-corrected chi connectivity index (χ1v) is 19.2. The Labute approximate surface area is 296 Å². The van der Waals surface area contributed by atoms with E-state index in [1.807, 2.05) is 0 Å². The lowest BCUT2D eigenvalue weighted by molar-refractivity contribution is 1.28. The predicted octanol–water partition coefficient (Wildman–Crippen LogP) is 9.87. The molecule has 0 saturated carbocycles. The van der Waals surface area contributed by atoms with Crippen molar-refractivity contribution in [1.29, 1.82) is 0 Å². The number of benzene rings is 8. The van der Waals surface area contributed by atoms with Gasteiger partial charge in [0, 0.05) is 17.1 Å². The Morgan fingerprint density at radius 3 is 0.860 bits per heavy atom. The molecule has 0 aromatic heterocycles. The third kappa shape index (κ3) is 5.98. The van der Waals surface area contributed by atoms with E-state index >= 15 is 0 Å². The van der Waals surface area contributed by atoms with Crippen molar-refractivity contribution in [2.24, 2.45) is 0 Å². The lowest BCUT2D eigenvalue weighted by Crippen LogP contribution is -2.74. The van der Waals surface area contributed by atoms with E-state index in [0.717, 1.165) is 17.1 Å². The maximum absolute atomic E-state index is 2.56. The van der Waals surface area contributed by atoms with Gasteiger partial charge in [-0.3, -0.25) is 0 Å². The Hall–Kier alpha value is -6.22. The molecular weight excluding hydrogens is 619 g/mol. The average molecular weight is 656 g/mol. The molecule has 8 aromatic rings. The quantitative estimate of drug-likeness (QED) is 0.111. The van der Waals surface area contributed by atoms with Crippen LogP contribution in [0, 0.1) is 0 Å². The molecule has 0 bridgehead atoms. The van der Waals surface area contributed by atoms with Gasteiger partial charge in [0.05, 0.1) is 0 Å². The van der Waals surface area contributed by atoms with E-state index in [1.165, 1.54) is 43.0 Å². The van der Waals surface area contributed by atoms with E-state index in [-0.39, 0.29) is 0 Å². The SMILES string of the molecule is c1ccc(-c2ccc(N(c3ccccc3)c3ccc(-c4ccc([Si](c5ccccc5)(c5ccccc5)c5ccccc5)cc4)cc3)cc2)cc1. The van der Waals surface area contributed by atoms with Crippen LogP contribution >= 0.6 is 0 Å². The van der Waals surface area contributed by atoms with Crippen molar-refractivity contribution in [1.82, 2.24) is 0 Å². The molecule has 0 atom stereocenters. The molecule has 0 unspecified atom stereocenters. The van der Waals surface area contributed by atoms with Crippen LogP contribution in [0.1, 0.15) is 0 Å². The van der Waals surface area contributed by atoms with Gasteiger partial charge in [0.25, 0.3) is 0 Å². The van der Waals surface area contributed by atoms with Crippen molar-refractivity contribution in [3.63, 3.8) is 0 Å². The Balaban J connectivity index is 1.16. The molecule has 238 valence electrons. The standard InChI is InChI=1S/C48H37NSi/c1-6-16-38(17-7-1)39-26-32-43(33-27-39)49(42-18-8-2-9-19-42)44-34-28-40(29-35-44)41-30-36-48(37-31-41)50(45-20-10-3-11-21-45,46-22-12-4-13-23-46)47-24-14-5-15-25-47/h1-37H. The first-order valence-electron chi connectivity index (χ1n) is 17.2. The Morgan fingerprint density at radius 1 is 0.220 bits per heavy atom. The van der Waals surface area contributed by atoms with Crippen molar-refractivity contribution < 1.29 is 0 Å². The highest BCUT2D eigenvalue weighted by atomic mass is 28.3. The Morgan fingerprint density at radius 2 is 0.480 bits per heavy atom. The fraction of sp³-hybridized carbons (Fsp3) is 0. The molecule has 0 aliphatic rings. The molecule has 8 aromatic carbocycles. The smallest absolute Gasteiger partial charge is 0.179 e. The van der Waals surface area contributed by atoms with Gasteiger partial charge < -0.3 is 4.90 Å². The van der Waals surface area contributed by atoms with E-state index in [2.05, 4.69) is 229 Å². The summed E-state index contributed by atoms with van der Waals surface area (Å²) >= 11 is 0. The second-order valence-electron chi connectivity index (χ2n) is 12.6. The van der Waals surface area contributed by atoms with Gasteiger partial charge in [0.15, 0.2) is 8.07 Å². The molecule has 0 saturated heterocycles. The van der Waals surface area contributed by atoms with Crippen LogP contribution in [0.4, 0.5) is 17.1 Å².